The minimum absolute atomic E-state index is 0.441. The molecular formula is C15H20N2S. The van der Waals surface area contributed by atoms with Crippen molar-refractivity contribution < 1.29 is 0 Å². The molecule has 1 unspecified atom stereocenters. The quantitative estimate of drug-likeness (QED) is 0.903. The van der Waals surface area contributed by atoms with Crippen LogP contribution in [0.4, 0.5) is 0 Å². The molecule has 1 heterocycles. The first-order valence-corrected chi connectivity index (χ1v) is 7.55. The summed E-state index contributed by atoms with van der Waals surface area (Å²) in [6, 6.07) is 9.02. The number of para-hydroxylation sites is 1. The van der Waals surface area contributed by atoms with Crippen LogP contribution < -0.4 is 5.32 Å². The van der Waals surface area contributed by atoms with Gasteiger partial charge in [0, 0.05) is 12.6 Å². The van der Waals surface area contributed by atoms with Gasteiger partial charge >= 0.3 is 0 Å². The summed E-state index contributed by atoms with van der Waals surface area (Å²) in [4.78, 5) is 4.68. The molecule has 2 nitrogen and oxygen atoms in total. The molecule has 0 aliphatic heterocycles. The molecule has 3 rings (SSSR count). The maximum absolute atomic E-state index is 4.68. The summed E-state index contributed by atoms with van der Waals surface area (Å²) in [5.41, 5.74) is 1.57. The van der Waals surface area contributed by atoms with Gasteiger partial charge in [0.05, 0.1) is 10.2 Å². The first kappa shape index (κ1) is 12.1. The third-order valence-corrected chi connectivity index (χ3v) is 5.13. The van der Waals surface area contributed by atoms with Crippen molar-refractivity contribution in [3.63, 3.8) is 0 Å². The standard InChI is InChI=1S/C15H20N2S/c1-15(2)9-5-8-13(15)16-10-14-17-11-6-3-4-7-12(11)18-14/h3-4,6-7,13,16H,5,8-10H2,1-2H3. The van der Waals surface area contributed by atoms with Gasteiger partial charge in [-0.25, -0.2) is 4.98 Å². The maximum Gasteiger partial charge on any atom is 0.108 e. The van der Waals surface area contributed by atoms with E-state index in [1.807, 2.05) is 11.3 Å². The molecule has 1 aromatic carbocycles. The Hall–Kier alpha value is -0.930. The van der Waals surface area contributed by atoms with E-state index in [2.05, 4.69) is 48.4 Å². The molecule has 2 aromatic rings. The van der Waals surface area contributed by atoms with E-state index < -0.39 is 0 Å². The fourth-order valence-electron chi connectivity index (χ4n) is 2.91. The van der Waals surface area contributed by atoms with Crippen molar-refractivity contribution in [2.24, 2.45) is 5.41 Å². The molecule has 96 valence electrons. The number of benzene rings is 1. The average molecular weight is 260 g/mol. The van der Waals surface area contributed by atoms with Crippen molar-refractivity contribution in [3.8, 4) is 0 Å². The molecule has 1 atom stereocenters. The van der Waals surface area contributed by atoms with Crippen LogP contribution >= 0.6 is 11.3 Å². The van der Waals surface area contributed by atoms with Crippen LogP contribution in [-0.4, -0.2) is 11.0 Å². The summed E-state index contributed by atoms with van der Waals surface area (Å²) in [5, 5.41) is 4.90. The second kappa shape index (κ2) is 4.63. The fraction of sp³-hybridized carbons (Fsp3) is 0.533. The Kier molecular flexibility index (Phi) is 3.12. The summed E-state index contributed by atoms with van der Waals surface area (Å²) in [6.07, 6.45) is 3.99. The largest absolute Gasteiger partial charge is 0.307 e. The summed E-state index contributed by atoms with van der Waals surface area (Å²) >= 11 is 1.81. The Morgan fingerprint density at radius 2 is 2.22 bits per heavy atom. The van der Waals surface area contributed by atoms with Crippen LogP contribution in [0.25, 0.3) is 10.2 Å². The fourth-order valence-corrected chi connectivity index (χ4v) is 3.83. The van der Waals surface area contributed by atoms with Gasteiger partial charge in [-0.3, -0.25) is 0 Å². The summed E-state index contributed by atoms with van der Waals surface area (Å²) in [6.45, 7) is 5.65. The highest BCUT2D eigenvalue weighted by molar-refractivity contribution is 7.18. The third kappa shape index (κ3) is 2.29. The molecule has 1 aliphatic carbocycles. The number of thiazole rings is 1. The average Bonchev–Trinajstić information content (AvgIpc) is 2.89. The van der Waals surface area contributed by atoms with E-state index in [1.54, 1.807) is 0 Å². The number of hydrogen-bond acceptors (Lipinski definition) is 3. The Morgan fingerprint density at radius 3 is 2.94 bits per heavy atom. The zero-order valence-corrected chi connectivity index (χ0v) is 11.9. The molecule has 18 heavy (non-hydrogen) atoms. The van der Waals surface area contributed by atoms with Gasteiger partial charge in [0.2, 0.25) is 0 Å². The van der Waals surface area contributed by atoms with Crippen LogP contribution in [0.3, 0.4) is 0 Å². The Morgan fingerprint density at radius 1 is 1.39 bits per heavy atom. The molecule has 1 N–H and O–H groups in total. The summed E-state index contributed by atoms with van der Waals surface area (Å²) < 4.78 is 1.29. The summed E-state index contributed by atoms with van der Waals surface area (Å²) in [7, 11) is 0. The number of nitrogens with one attached hydrogen (secondary N) is 1. The van der Waals surface area contributed by atoms with Crippen LogP contribution in [0.5, 0.6) is 0 Å². The predicted octanol–water partition coefficient (Wildman–Crippen LogP) is 3.96. The molecule has 0 radical (unpaired) electrons. The van der Waals surface area contributed by atoms with Gasteiger partial charge in [0.15, 0.2) is 0 Å². The van der Waals surface area contributed by atoms with Crippen molar-refractivity contribution in [1.82, 2.24) is 10.3 Å². The van der Waals surface area contributed by atoms with Crippen LogP contribution in [-0.2, 0) is 6.54 Å². The molecule has 0 amide bonds. The Balaban J connectivity index is 1.69. The molecule has 1 fully saturated rings. The van der Waals surface area contributed by atoms with Crippen LogP contribution in [0.2, 0.25) is 0 Å². The topological polar surface area (TPSA) is 24.9 Å². The first-order valence-electron chi connectivity index (χ1n) is 6.73. The van der Waals surface area contributed by atoms with Gasteiger partial charge in [-0.2, -0.15) is 0 Å². The third-order valence-electron chi connectivity index (χ3n) is 4.10. The van der Waals surface area contributed by atoms with E-state index in [4.69, 9.17) is 0 Å². The van der Waals surface area contributed by atoms with Gasteiger partial charge in [0.25, 0.3) is 0 Å². The molecule has 3 heteroatoms. The molecule has 1 aliphatic rings. The first-order chi connectivity index (χ1) is 8.65. The predicted molar refractivity (Wildman–Crippen MR) is 77.9 cm³/mol. The molecule has 0 spiro atoms. The second-order valence-corrected chi connectivity index (χ2v) is 7.00. The Labute approximate surface area is 112 Å². The second-order valence-electron chi connectivity index (χ2n) is 5.89. The smallest absolute Gasteiger partial charge is 0.108 e. The zero-order valence-electron chi connectivity index (χ0n) is 11.1. The highest BCUT2D eigenvalue weighted by Crippen LogP contribution is 2.37. The molecule has 1 aromatic heterocycles. The minimum atomic E-state index is 0.441. The number of aromatic nitrogens is 1. The molecule has 0 saturated heterocycles. The zero-order chi connectivity index (χ0) is 12.6. The van der Waals surface area contributed by atoms with Crippen molar-refractivity contribution in [3.05, 3.63) is 29.3 Å². The van der Waals surface area contributed by atoms with Gasteiger partial charge in [0.1, 0.15) is 5.01 Å². The van der Waals surface area contributed by atoms with E-state index in [-0.39, 0.29) is 0 Å². The SMILES string of the molecule is CC1(C)CCCC1NCc1nc2ccccc2s1. The van der Waals surface area contributed by atoms with Gasteiger partial charge < -0.3 is 5.32 Å². The maximum atomic E-state index is 4.68. The highest BCUT2D eigenvalue weighted by Gasteiger charge is 2.33. The lowest BCUT2D eigenvalue weighted by Crippen LogP contribution is -2.37. The van der Waals surface area contributed by atoms with E-state index in [9.17, 15) is 0 Å². The molecule has 1 saturated carbocycles. The van der Waals surface area contributed by atoms with Crippen molar-refractivity contribution in [2.45, 2.75) is 45.7 Å². The van der Waals surface area contributed by atoms with Crippen molar-refractivity contribution in [2.75, 3.05) is 0 Å². The number of fused-ring (bicyclic) bond motifs is 1. The van der Waals surface area contributed by atoms with Gasteiger partial charge in [-0.05, 0) is 30.4 Å². The lowest BCUT2D eigenvalue weighted by molar-refractivity contribution is 0.282. The van der Waals surface area contributed by atoms with Crippen molar-refractivity contribution >= 4 is 21.6 Å². The van der Waals surface area contributed by atoms with E-state index in [1.165, 1.54) is 29.0 Å². The lowest BCUT2D eigenvalue weighted by atomic mass is 9.87. The summed E-state index contributed by atoms with van der Waals surface area (Å²) in [5.74, 6) is 0. The van der Waals surface area contributed by atoms with Crippen molar-refractivity contribution in [1.29, 1.82) is 0 Å². The highest BCUT2D eigenvalue weighted by atomic mass is 32.1. The van der Waals surface area contributed by atoms with E-state index in [0.717, 1.165) is 12.1 Å². The van der Waals surface area contributed by atoms with Crippen LogP contribution in [0.1, 0.15) is 38.1 Å². The number of nitrogens with zero attached hydrogens (tertiary/aromatic N) is 1. The van der Waals surface area contributed by atoms with Crippen LogP contribution in [0, 0.1) is 5.41 Å². The lowest BCUT2D eigenvalue weighted by Gasteiger charge is -2.27. The molecule has 0 bridgehead atoms. The number of rotatable bonds is 3. The van der Waals surface area contributed by atoms with Crippen LogP contribution in [0.15, 0.2) is 24.3 Å². The van der Waals surface area contributed by atoms with E-state index in [0.29, 0.717) is 11.5 Å². The Bertz CT molecular complexity index is 511. The van der Waals surface area contributed by atoms with Gasteiger partial charge in [-0.1, -0.05) is 32.4 Å². The number of hydrogen-bond donors (Lipinski definition) is 1. The normalized spacial score (nSPS) is 22.7. The van der Waals surface area contributed by atoms with E-state index >= 15 is 0 Å². The molecular weight excluding hydrogens is 240 g/mol. The van der Waals surface area contributed by atoms with Gasteiger partial charge in [-0.15, -0.1) is 11.3 Å². The monoisotopic (exact) mass is 260 g/mol. The minimum Gasteiger partial charge on any atom is -0.307 e.